The van der Waals surface area contributed by atoms with Crippen molar-refractivity contribution in [3.8, 4) is 0 Å². The molecule has 0 bridgehead atoms. The number of nitrogens with one attached hydrogen (secondary N) is 1. The molecule has 0 aliphatic carbocycles. The molecule has 0 unspecified atom stereocenters. The van der Waals surface area contributed by atoms with Gasteiger partial charge in [0.2, 0.25) is 0 Å². The number of ether oxygens (including phenoxy) is 1. The van der Waals surface area contributed by atoms with E-state index in [2.05, 4.69) is 9.72 Å². The minimum absolute atomic E-state index is 0.171. The zero-order chi connectivity index (χ0) is 8.97. The number of aromatic amines is 1. The van der Waals surface area contributed by atoms with E-state index in [4.69, 9.17) is 0 Å². The van der Waals surface area contributed by atoms with Gasteiger partial charge in [-0.05, 0) is 12.1 Å². The summed E-state index contributed by atoms with van der Waals surface area (Å²) in [4.78, 5) is 23.7. The minimum atomic E-state index is -0.325. The first-order chi connectivity index (χ1) is 5.76. The summed E-state index contributed by atoms with van der Waals surface area (Å²) >= 11 is 0. The summed E-state index contributed by atoms with van der Waals surface area (Å²) in [5.74, 6) is -0.325. The van der Waals surface area contributed by atoms with E-state index >= 15 is 0 Å². The van der Waals surface area contributed by atoms with E-state index < -0.39 is 0 Å². The zero-order valence-electron chi connectivity index (χ0n) is 6.66. The quantitative estimate of drug-likeness (QED) is 0.528. The molecule has 0 fully saturated rings. The van der Waals surface area contributed by atoms with Crippen molar-refractivity contribution in [1.82, 2.24) is 4.98 Å². The number of aromatic nitrogens is 1. The second-order valence-corrected chi connectivity index (χ2v) is 2.31. The topological polar surface area (TPSA) is 59.2 Å². The van der Waals surface area contributed by atoms with Gasteiger partial charge in [0.25, 0.3) is 0 Å². The molecule has 0 saturated heterocycles. The molecule has 1 aromatic rings. The van der Waals surface area contributed by atoms with Crippen LogP contribution < -0.4 is 0 Å². The molecule has 1 rings (SSSR count). The maximum Gasteiger partial charge on any atom is 0.311 e. The van der Waals surface area contributed by atoms with Gasteiger partial charge in [0.1, 0.15) is 0 Å². The lowest BCUT2D eigenvalue weighted by atomic mass is 10.3. The van der Waals surface area contributed by atoms with Gasteiger partial charge < -0.3 is 9.72 Å². The minimum Gasteiger partial charge on any atom is -0.469 e. The normalized spacial score (nSPS) is 9.42. The summed E-state index contributed by atoms with van der Waals surface area (Å²) in [5.41, 5.74) is 1.15. The predicted octanol–water partition coefficient (Wildman–Crippen LogP) is 0.543. The molecular weight excluding hydrogens is 158 g/mol. The summed E-state index contributed by atoms with van der Waals surface area (Å²) in [7, 11) is 1.33. The Morgan fingerprint density at radius 2 is 2.42 bits per heavy atom. The first-order valence-electron chi connectivity index (χ1n) is 3.46. The number of carbonyl (C=O) groups is 2. The van der Waals surface area contributed by atoms with Crippen molar-refractivity contribution in [2.24, 2.45) is 0 Å². The van der Waals surface area contributed by atoms with Gasteiger partial charge in [-0.15, -0.1) is 0 Å². The molecule has 0 spiro atoms. The van der Waals surface area contributed by atoms with Crippen molar-refractivity contribution in [2.75, 3.05) is 7.11 Å². The van der Waals surface area contributed by atoms with Crippen LogP contribution in [0.1, 0.15) is 16.2 Å². The number of carbonyl (C=O) groups excluding carboxylic acids is 2. The lowest BCUT2D eigenvalue weighted by Gasteiger charge is -1.94. The standard InChI is InChI=1S/C8H9NO3/c1-12-8(11)4-6-2-3-7(5-10)9-6/h2-3,5,9H,4H2,1H3. The van der Waals surface area contributed by atoms with Crippen LogP contribution in [0.3, 0.4) is 0 Å². The molecule has 12 heavy (non-hydrogen) atoms. The summed E-state index contributed by atoms with van der Waals surface area (Å²) in [5, 5.41) is 0. The van der Waals surface area contributed by atoms with Crippen LogP contribution in [0.25, 0.3) is 0 Å². The Bertz CT molecular complexity index is 290. The maximum absolute atomic E-state index is 10.7. The van der Waals surface area contributed by atoms with Gasteiger partial charge in [0.05, 0.1) is 19.2 Å². The third-order valence-corrected chi connectivity index (χ3v) is 1.46. The number of esters is 1. The van der Waals surface area contributed by atoms with Crippen LogP contribution in [0, 0.1) is 0 Å². The number of hydrogen-bond donors (Lipinski definition) is 1. The average molecular weight is 167 g/mol. The van der Waals surface area contributed by atoms with E-state index in [1.807, 2.05) is 0 Å². The molecule has 1 N–H and O–H groups in total. The molecule has 4 nitrogen and oxygen atoms in total. The van der Waals surface area contributed by atoms with Gasteiger partial charge in [0.15, 0.2) is 6.29 Å². The van der Waals surface area contributed by atoms with Crippen LogP contribution >= 0.6 is 0 Å². The number of aldehydes is 1. The highest BCUT2D eigenvalue weighted by atomic mass is 16.5. The Labute approximate surface area is 69.5 Å². The van der Waals surface area contributed by atoms with Crippen LogP contribution in [0.4, 0.5) is 0 Å². The Balaban J connectivity index is 2.63. The first kappa shape index (κ1) is 8.52. The van der Waals surface area contributed by atoms with Crippen LogP contribution in [0.5, 0.6) is 0 Å². The van der Waals surface area contributed by atoms with E-state index in [9.17, 15) is 9.59 Å². The van der Waals surface area contributed by atoms with Gasteiger partial charge in [-0.1, -0.05) is 0 Å². The SMILES string of the molecule is COC(=O)Cc1ccc(C=O)[nH]1. The molecule has 0 amide bonds. The Morgan fingerprint density at radius 3 is 2.92 bits per heavy atom. The summed E-state index contributed by atoms with van der Waals surface area (Å²) in [6.45, 7) is 0. The number of methoxy groups -OCH3 is 1. The molecular formula is C8H9NO3. The van der Waals surface area contributed by atoms with E-state index in [0.29, 0.717) is 17.7 Å². The van der Waals surface area contributed by atoms with Crippen molar-refractivity contribution in [3.05, 3.63) is 23.5 Å². The summed E-state index contributed by atoms with van der Waals surface area (Å²) in [6, 6.07) is 3.30. The molecule has 0 aromatic carbocycles. The largest absolute Gasteiger partial charge is 0.469 e. The Morgan fingerprint density at radius 1 is 1.67 bits per heavy atom. The van der Waals surface area contributed by atoms with E-state index in [-0.39, 0.29) is 12.4 Å². The highest BCUT2D eigenvalue weighted by Crippen LogP contribution is 2.00. The van der Waals surface area contributed by atoms with E-state index in [1.54, 1.807) is 12.1 Å². The summed E-state index contributed by atoms with van der Waals surface area (Å²) < 4.78 is 4.45. The van der Waals surface area contributed by atoms with E-state index in [1.165, 1.54) is 7.11 Å². The number of rotatable bonds is 3. The lowest BCUT2D eigenvalue weighted by Crippen LogP contribution is -2.04. The van der Waals surface area contributed by atoms with Crippen LogP contribution in [0.15, 0.2) is 12.1 Å². The fourth-order valence-electron chi connectivity index (χ4n) is 0.859. The monoisotopic (exact) mass is 167 g/mol. The van der Waals surface area contributed by atoms with Crippen molar-refractivity contribution >= 4 is 12.3 Å². The van der Waals surface area contributed by atoms with Gasteiger partial charge in [-0.25, -0.2) is 0 Å². The lowest BCUT2D eigenvalue weighted by molar-refractivity contribution is -0.139. The molecule has 4 heteroatoms. The first-order valence-corrected chi connectivity index (χ1v) is 3.46. The number of H-pyrrole nitrogens is 1. The molecule has 0 aliphatic rings. The van der Waals surface area contributed by atoms with Crippen LogP contribution in [-0.4, -0.2) is 24.3 Å². The van der Waals surface area contributed by atoms with Gasteiger partial charge in [-0.3, -0.25) is 9.59 Å². The summed E-state index contributed by atoms with van der Waals surface area (Å²) in [6.07, 6.45) is 0.866. The van der Waals surface area contributed by atoms with Gasteiger partial charge in [0, 0.05) is 5.69 Å². The van der Waals surface area contributed by atoms with Crippen molar-refractivity contribution < 1.29 is 14.3 Å². The fourth-order valence-corrected chi connectivity index (χ4v) is 0.859. The molecule has 64 valence electrons. The third-order valence-electron chi connectivity index (χ3n) is 1.46. The second kappa shape index (κ2) is 3.71. The van der Waals surface area contributed by atoms with E-state index in [0.717, 1.165) is 0 Å². The average Bonchev–Trinajstić information content (AvgIpc) is 2.52. The van der Waals surface area contributed by atoms with Crippen molar-refractivity contribution in [1.29, 1.82) is 0 Å². The highest BCUT2D eigenvalue weighted by molar-refractivity contribution is 5.74. The van der Waals surface area contributed by atoms with Crippen molar-refractivity contribution in [2.45, 2.75) is 6.42 Å². The Hall–Kier alpha value is -1.58. The van der Waals surface area contributed by atoms with Gasteiger partial charge >= 0.3 is 5.97 Å². The second-order valence-electron chi connectivity index (χ2n) is 2.31. The fraction of sp³-hybridized carbons (Fsp3) is 0.250. The predicted molar refractivity (Wildman–Crippen MR) is 41.9 cm³/mol. The van der Waals surface area contributed by atoms with Crippen LogP contribution in [-0.2, 0) is 16.0 Å². The highest BCUT2D eigenvalue weighted by Gasteiger charge is 2.03. The maximum atomic E-state index is 10.7. The number of hydrogen-bond acceptors (Lipinski definition) is 3. The molecule has 0 aliphatic heterocycles. The van der Waals surface area contributed by atoms with Crippen LogP contribution in [0.2, 0.25) is 0 Å². The molecule has 0 saturated carbocycles. The molecule has 1 heterocycles. The Kier molecular flexibility index (Phi) is 2.63. The molecule has 0 atom stereocenters. The molecule has 1 aromatic heterocycles. The molecule has 0 radical (unpaired) electrons. The van der Waals surface area contributed by atoms with Gasteiger partial charge in [-0.2, -0.15) is 0 Å². The zero-order valence-corrected chi connectivity index (χ0v) is 6.66. The van der Waals surface area contributed by atoms with Crippen molar-refractivity contribution in [3.63, 3.8) is 0 Å². The smallest absolute Gasteiger partial charge is 0.311 e. The third kappa shape index (κ3) is 1.95.